The van der Waals surface area contributed by atoms with E-state index in [9.17, 15) is 4.79 Å². The number of benzene rings is 3. The molecule has 0 aromatic heterocycles. The monoisotopic (exact) mass is 439 g/mol. The third-order valence-corrected chi connectivity index (χ3v) is 7.71. The lowest BCUT2D eigenvalue weighted by atomic mass is 9.73. The Morgan fingerprint density at radius 1 is 0.970 bits per heavy atom. The van der Waals surface area contributed by atoms with E-state index in [1.165, 1.54) is 22.3 Å². The number of hydrogen-bond donors (Lipinski definition) is 1. The van der Waals surface area contributed by atoms with Crippen molar-refractivity contribution < 1.29 is 9.53 Å². The lowest BCUT2D eigenvalue weighted by Gasteiger charge is -2.30. The Morgan fingerprint density at radius 3 is 2.24 bits per heavy atom. The number of amides is 1. The summed E-state index contributed by atoms with van der Waals surface area (Å²) in [5, 5.41) is 2.99. The standard InChI is InChI=1S/C30H33NO2/c1-3-23-19-22(20-33-23)24-13-5-4-11-21(24)12-10-18-30(29(32)31-2)27-16-8-6-14-25(27)26-15-7-9-17-28(26)30/h4-9,11,13-17,22-23H,3,10,12,18-20H2,1-2H3,(H,31,32). The molecule has 1 fully saturated rings. The molecule has 1 amide bonds. The number of rotatable bonds is 7. The van der Waals surface area contributed by atoms with Crippen LogP contribution in [0.3, 0.4) is 0 Å². The number of ether oxygens (including phenoxy) is 1. The van der Waals surface area contributed by atoms with E-state index < -0.39 is 5.41 Å². The fourth-order valence-electron chi connectivity index (χ4n) is 6.08. The highest BCUT2D eigenvalue weighted by atomic mass is 16.5. The Morgan fingerprint density at radius 2 is 1.61 bits per heavy atom. The summed E-state index contributed by atoms with van der Waals surface area (Å²) in [6, 6.07) is 25.7. The number of aryl methyl sites for hydroxylation is 1. The van der Waals surface area contributed by atoms with Crippen LogP contribution >= 0.6 is 0 Å². The van der Waals surface area contributed by atoms with E-state index in [1.807, 2.05) is 0 Å². The van der Waals surface area contributed by atoms with Crippen molar-refractivity contribution in [3.05, 3.63) is 95.1 Å². The molecule has 33 heavy (non-hydrogen) atoms. The molecule has 0 saturated carbocycles. The van der Waals surface area contributed by atoms with Gasteiger partial charge in [-0.3, -0.25) is 4.79 Å². The number of carbonyl (C=O) groups excluding carboxylic acids is 1. The summed E-state index contributed by atoms with van der Waals surface area (Å²) in [5.74, 6) is 0.565. The molecule has 2 aliphatic rings. The Bertz CT molecular complexity index is 1110. The molecule has 1 heterocycles. The SMILES string of the molecule is CCC1CC(c2ccccc2CCCC2(C(=O)NC)c3ccccc3-c3ccccc32)CO1. The van der Waals surface area contributed by atoms with Crippen molar-refractivity contribution in [2.24, 2.45) is 0 Å². The minimum Gasteiger partial charge on any atom is -0.378 e. The second kappa shape index (κ2) is 9.15. The molecule has 3 nitrogen and oxygen atoms in total. The van der Waals surface area contributed by atoms with Crippen molar-refractivity contribution in [2.45, 2.75) is 56.5 Å². The first-order valence-electron chi connectivity index (χ1n) is 12.3. The van der Waals surface area contributed by atoms with E-state index in [0.717, 1.165) is 49.8 Å². The van der Waals surface area contributed by atoms with Crippen LogP contribution in [0.2, 0.25) is 0 Å². The Hall–Kier alpha value is -2.91. The molecule has 0 spiro atoms. The van der Waals surface area contributed by atoms with E-state index in [1.54, 1.807) is 7.05 Å². The Kier molecular flexibility index (Phi) is 6.07. The van der Waals surface area contributed by atoms with E-state index in [4.69, 9.17) is 4.74 Å². The van der Waals surface area contributed by atoms with Crippen molar-refractivity contribution in [3.8, 4) is 11.1 Å². The van der Waals surface area contributed by atoms with Crippen molar-refractivity contribution >= 4 is 5.91 Å². The van der Waals surface area contributed by atoms with Gasteiger partial charge in [0.05, 0.1) is 12.7 Å². The van der Waals surface area contributed by atoms with Crippen molar-refractivity contribution in [3.63, 3.8) is 0 Å². The minimum absolute atomic E-state index is 0.0863. The summed E-state index contributed by atoms with van der Waals surface area (Å²) in [5.41, 5.74) is 6.82. The van der Waals surface area contributed by atoms with E-state index in [0.29, 0.717) is 12.0 Å². The molecular weight excluding hydrogens is 406 g/mol. The molecule has 2 atom stereocenters. The van der Waals surface area contributed by atoms with Crippen LogP contribution in [0, 0.1) is 0 Å². The summed E-state index contributed by atoms with van der Waals surface area (Å²) in [7, 11) is 1.76. The molecular formula is C30H33NO2. The third-order valence-electron chi connectivity index (χ3n) is 7.71. The average molecular weight is 440 g/mol. The normalized spacial score (nSPS) is 20.3. The van der Waals surface area contributed by atoms with Crippen LogP contribution in [0.15, 0.2) is 72.8 Å². The zero-order chi connectivity index (χ0) is 22.8. The first-order valence-corrected chi connectivity index (χ1v) is 12.3. The predicted octanol–water partition coefficient (Wildman–Crippen LogP) is 6.00. The fraction of sp³-hybridized carbons (Fsp3) is 0.367. The number of carbonyl (C=O) groups is 1. The van der Waals surface area contributed by atoms with E-state index in [-0.39, 0.29) is 5.91 Å². The van der Waals surface area contributed by atoms with Crippen LogP contribution in [-0.2, 0) is 21.4 Å². The molecule has 1 aliphatic carbocycles. The van der Waals surface area contributed by atoms with Gasteiger partial charge in [0.2, 0.25) is 5.91 Å². The van der Waals surface area contributed by atoms with Crippen molar-refractivity contribution in [2.75, 3.05) is 13.7 Å². The zero-order valence-corrected chi connectivity index (χ0v) is 19.6. The maximum atomic E-state index is 13.5. The second-order valence-electron chi connectivity index (χ2n) is 9.42. The van der Waals surface area contributed by atoms with Crippen LogP contribution < -0.4 is 5.32 Å². The molecule has 3 heteroatoms. The predicted molar refractivity (Wildman–Crippen MR) is 133 cm³/mol. The number of nitrogens with one attached hydrogen (secondary N) is 1. The maximum absolute atomic E-state index is 13.5. The summed E-state index contributed by atoms with van der Waals surface area (Å²) < 4.78 is 6.00. The molecule has 1 N–H and O–H groups in total. The molecule has 0 bridgehead atoms. The van der Waals surface area contributed by atoms with Gasteiger partial charge in [-0.25, -0.2) is 0 Å². The van der Waals surface area contributed by atoms with Gasteiger partial charge in [-0.05, 0) is 65.5 Å². The van der Waals surface area contributed by atoms with E-state index in [2.05, 4.69) is 85.0 Å². The van der Waals surface area contributed by atoms with Gasteiger partial charge in [0.25, 0.3) is 0 Å². The van der Waals surface area contributed by atoms with Crippen LogP contribution in [0.1, 0.15) is 60.8 Å². The number of fused-ring (bicyclic) bond motifs is 3. The highest BCUT2D eigenvalue weighted by Gasteiger charge is 2.48. The maximum Gasteiger partial charge on any atom is 0.234 e. The molecule has 0 radical (unpaired) electrons. The van der Waals surface area contributed by atoms with Crippen LogP contribution in [0.25, 0.3) is 11.1 Å². The quantitative estimate of drug-likeness (QED) is 0.490. The molecule has 170 valence electrons. The molecule has 1 aliphatic heterocycles. The highest BCUT2D eigenvalue weighted by molar-refractivity contribution is 6.00. The van der Waals surface area contributed by atoms with Gasteiger partial charge in [-0.15, -0.1) is 0 Å². The highest BCUT2D eigenvalue weighted by Crippen LogP contribution is 2.51. The van der Waals surface area contributed by atoms with Gasteiger partial charge in [-0.2, -0.15) is 0 Å². The fourth-order valence-corrected chi connectivity index (χ4v) is 6.08. The van der Waals surface area contributed by atoms with E-state index >= 15 is 0 Å². The van der Waals surface area contributed by atoms with Crippen LogP contribution in [-0.4, -0.2) is 25.7 Å². The van der Waals surface area contributed by atoms with Gasteiger partial charge in [0.15, 0.2) is 0 Å². The van der Waals surface area contributed by atoms with Crippen LogP contribution in [0.4, 0.5) is 0 Å². The summed E-state index contributed by atoms with van der Waals surface area (Å²) in [4.78, 5) is 13.5. The van der Waals surface area contributed by atoms with Crippen LogP contribution in [0.5, 0.6) is 0 Å². The van der Waals surface area contributed by atoms with Gasteiger partial charge in [-0.1, -0.05) is 79.7 Å². The molecule has 5 rings (SSSR count). The lowest BCUT2D eigenvalue weighted by Crippen LogP contribution is -2.42. The second-order valence-corrected chi connectivity index (χ2v) is 9.42. The largest absolute Gasteiger partial charge is 0.378 e. The topological polar surface area (TPSA) is 38.3 Å². The van der Waals surface area contributed by atoms with Gasteiger partial charge >= 0.3 is 0 Å². The molecule has 2 unspecified atom stereocenters. The van der Waals surface area contributed by atoms with Gasteiger partial charge in [0.1, 0.15) is 5.41 Å². The number of likely N-dealkylation sites (N-methyl/N-ethyl adjacent to an activating group) is 1. The zero-order valence-electron chi connectivity index (χ0n) is 19.6. The van der Waals surface area contributed by atoms with Crippen molar-refractivity contribution in [1.82, 2.24) is 5.32 Å². The smallest absolute Gasteiger partial charge is 0.234 e. The Labute approximate surface area is 197 Å². The van der Waals surface area contributed by atoms with Gasteiger partial charge in [0, 0.05) is 13.0 Å². The lowest BCUT2D eigenvalue weighted by molar-refractivity contribution is -0.125. The minimum atomic E-state index is -0.638. The summed E-state index contributed by atoms with van der Waals surface area (Å²) in [6.07, 6.45) is 5.26. The summed E-state index contributed by atoms with van der Waals surface area (Å²) in [6.45, 7) is 3.02. The third kappa shape index (κ3) is 3.69. The summed E-state index contributed by atoms with van der Waals surface area (Å²) >= 11 is 0. The first-order chi connectivity index (χ1) is 16.2. The average Bonchev–Trinajstić information content (AvgIpc) is 3.46. The van der Waals surface area contributed by atoms with Crippen molar-refractivity contribution in [1.29, 1.82) is 0 Å². The molecule has 1 saturated heterocycles. The van der Waals surface area contributed by atoms with Gasteiger partial charge < -0.3 is 10.1 Å². The number of hydrogen-bond acceptors (Lipinski definition) is 2. The first kappa shape index (κ1) is 21.9. The molecule has 3 aromatic carbocycles. The molecule has 3 aromatic rings. The Balaban J connectivity index is 1.44.